The van der Waals surface area contributed by atoms with Crippen LogP contribution in [-0.2, 0) is 5.75 Å². The normalized spacial score (nSPS) is 25.0. The molecule has 2 bridgehead atoms. The number of aryl methyl sites for hydroxylation is 1. The highest BCUT2D eigenvalue weighted by Crippen LogP contribution is 2.31. The van der Waals surface area contributed by atoms with Gasteiger partial charge >= 0.3 is 0 Å². The van der Waals surface area contributed by atoms with Gasteiger partial charge in [0.15, 0.2) is 5.17 Å². The molecule has 0 saturated carbocycles. The Bertz CT molecular complexity index is 606. The van der Waals surface area contributed by atoms with Crippen LogP contribution in [0.3, 0.4) is 0 Å². The van der Waals surface area contributed by atoms with E-state index in [0.717, 1.165) is 40.3 Å². The van der Waals surface area contributed by atoms with Gasteiger partial charge in [0, 0.05) is 54.6 Å². The fraction of sp³-hybridized carbons (Fsp3) is 0.562. The van der Waals surface area contributed by atoms with E-state index in [1.54, 1.807) is 11.8 Å². The molecular formula is C16H22ClN5S. The van der Waals surface area contributed by atoms with E-state index in [4.69, 9.17) is 11.6 Å². The molecule has 2 unspecified atom stereocenters. The average molecular weight is 352 g/mol. The van der Waals surface area contributed by atoms with Gasteiger partial charge in [-0.1, -0.05) is 23.4 Å². The number of hydrogen-bond acceptors (Lipinski definition) is 5. The van der Waals surface area contributed by atoms with Crippen molar-refractivity contribution < 1.29 is 0 Å². The molecule has 1 aromatic rings. The van der Waals surface area contributed by atoms with E-state index >= 15 is 0 Å². The molecule has 0 amide bonds. The lowest BCUT2D eigenvalue weighted by atomic mass is 10.2. The van der Waals surface area contributed by atoms with Crippen molar-refractivity contribution in [3.63, 3.8) is 0 Å². The van der Waals surface area contributed by atoms with E-state index in [9.17, 15) is 0 Å². The van der Waals surface area contributed by atoms with Crippen molar-refractivity contribution in [3.05, 3.63) is 28.5 Å². The summed E-state index contributed by atoms with van der Waals surface area (Å²) < 4.78 is 0. The summed E-state index contributed by atoms with van der Waals surface area (Å²) in [6.45, 7) is 7.48. The van der Waals surface area contributed by atoms with Crippen molar-refractivity contribution in [1.82, 2.24) is 14.8 Å². The van der Waals surface area contributed by atoms with Gasteiger partial charge in [-0.25, -0.2) is 0 Å². The van der Waals surface area contributed by atoms with Gasteiger partial charge in [0.25, 0.3) is 0 Å². The van der Waals surface area contributed by atoms with E-state index < -0.39 is 0 Å². The summed E-state index contributed by atoms with van der Waals surface area (Å²) in [5.41, 5.74) is 1.96. The zero-order chi connectivity index (χ0) is 16.4. The van der Waals surface area contributed by atoms with Crippen molar-refractivity contribution in [1.29, 1.82) is 0 Å². The van der Waals surface area contributed by atoms with Gasteiger partial charge in [0.05, 0.1) is 0 Å². The minimum atomic E-state index is 0.619. The molecule has 0 spiro atoms. The summed E-state index contributed by atoms with van der Waals surface area (Å²) in [6, 6.07) is 3.14. The lowest BCUT2D eigenvalue weighted by molar-refractivity contribution is 0.135. The Hall–Kier alpha value is -1.11. The van der Waals surface area contributed by atoms with Gasteiger partial charge in [-0.3, -0.25) is 9.88 Å². The molecule has 0 N–H and O–H groups in total. The van der Waals surface area contributed by atoms with E-state index in [1.807, 2.05) is 19.2 Å². The molecule has 3 heterocycles. The number of thioether (sulfide) groups is 1. The zero-order valence-electron chi connectivity index (χ0n) is 13.6. The first-order chi connectivity index (χ1) is 11.1. The molecule has 0 aromatic carbocycles. The van der Waals surface area contributed by atoms with Crippen LogP contribution in [0.2, 0.25) is 5.02 Å². The molecule has 23 heavy (non-hydrogen) atoms. The highest BCUT2D eigenvalue weighted by Gasteiger charge is 2.38. The van der Waals surface area contributed by atoms with E-state index in [0.29, 0.717) is 12.1 Å². The molecule has 2 aliphatic rings. The lowest BCUT2D eigenvalue weighted by Gasteiger charge is -2.39. The predicted molar refractivity (Wildman–Crippen MR) is 98.4 cm³/mol. The van der Waals surface area contributed by atoms with Gasteiger partial charge < -0.3 is 4.90 Å². The maximum atomic E-state index is 6.30. The van der Waals surface area contributed by atoms with Gasteiger partial charge in [0.2, 0.25) is 0 Å². The first kappa shape index (κ1) is 16.7. The van der Waals surface area contributed by atoms with Gasteiger partial charge in [-0.05, 0) is 38.4 Å². The van der Waals surface area contributed by atoms with E-state index in [2.05, 4.69) is 38.8 Å². The fourth-order valence-corrected chi connectivity index (χ4v) is 4.63. The summed E-state index contributed by atoms with van der Waals surface area (Å²) in [5, 5.41) is 9.72. The van der Waals surface area contributed by atoms with Crippen LogP contribution in [0.5, 0.6) is 0 Å². The second kappa shape index (κ2) is 7.20. The van der Waals surface area contributed by atoms with Crippen LogP contribution in [0.15, 0.2) is 22.5 Å². The maximum absolute atomic E-state index is 6.30. The van der Waals surface area contributed by atoms with Crippen LogP contribution in [0.25, 0.3) is 0 Å². The second-order valence-electron chi connectivity index (χ2n) is 6.19. The molecule has 0 radical (unpaired) electrons. The lowest BCUT2D eigenvalue weighted by Crippen LogP contribution is -2.53. The predicted octanol–water partition coefficient (Wildman–Crippen LogP) is 3.03. The summed E-state index contributed by atoms with van der Waals surface area (Å²) in [7, 11) is 2.23. The van der Waals surface area contributed by atoms with Crippen LogP contribution in [-0.4, -0.2) is 58.9 Å². The number of halogens is 1. The third-order valence-electron chi connectivity index (χ3n) is 4.70. The molecule has 2 atom stereocenters. The Morgan fingerprint density at radius 1 is 1.43 bits per heavy atom. The average Bonchev–Trinajstić information content (AvgIpc) is 2.74. The number of rotatable bonds is 3. The highest BCUT2D eigenvalue weighted by molar-refractivity contribution is 8.13. The standard InChI is InChI=1S/C16H22ClN5S/c1-11-6-15(17)12(7-19-11)10-23-16(20-18-2)22-8-13-4-5-14(9-22)21(13)3/h6-7,13-14H,2,4-5,8-10H2,1,3H3/b20-16-. The molecular weight excluding hydrogens is 330 g/mol. The van der Waals surface area contributed by atoms with Crippen LogP contribution in [0.1, 0.15) is 24.1 Å². The summed E-state index contributed by atoms with van der Waals surface area (Å²) >= 11 is 7.96. The number of piperazine rings is 1. The Balaban J connectivity index is 1.68. The van der Waals surface area contributed by atoms with E-state index in [-0.39, 0.29) is 0 Å². The quantitative estimate of drug-likeness (QED) is 0.477. The van der Waals surface area contributed by atoms with Gasteiger partial charge in [-0.2, -0.15) is 5.10 Å². The Morgan fingerprint density at radius 3 is 2.74 bits per heavy atom. The van der Waals surface area contributed by atoms with Crippen molar-refractivity contribution in [2.24, 2.45) is 10.2 Å². The molecule has 1 aromatic heterocycles. The Morgan fingerprint density at radius 2 is 2.13 bits per heavy atom. The molecule has 2 saturated heterocycles. The van der Waals surface area contributed by atoms with Gasteiger partial charge in [-0.15, -0.1) is 5.10 Å². The third kappa shape index (κ3) is 3.70. The summed E-state index contributed by atoms with van der Waals surface area (Å²) in [4.78, 5) is 9.17. The number of amidine groups is 1. The number of hydrogen-bond donors (Lipinski definition) is 0. The molecule has 2 aliphatic heterocycles. The smallest absolute Gasteiger partial charge is 0.186 e. The number of fused-ring (bicyclic) bond motifs is 2. The molecule has 7 heteroatoms. The van der Waals surface area contributed by atoms with Crippen molar-refractivity contribution in [2.75, 3.05) is 20.1 Å². The van der Waals surface area contributed by atoms with E-state index in [1.165, 1.54) is 12.8 Å². The van der Waals surface area contributed by atoms with Crippen molar-refractivity contribution in [3.8, 4) is 0 Å². The summed E-state index contributed by atoms with van der Waals surface area (Å²) in [5.74, 6) is 0.738. The maximum Gasteiger partial charge on any atom is 0.186 e. The second-order valence-corrected chi connectivity index (χ2v) is 7.53. The van der Waals surface area contributed by atoms with Gasteiger partial charge in [0.1, 0.15) is 0 Å². The summed E-state index contributed by atoms with van der Waals surface area (Å²) in [6.07, 6.45) is 4.38. The molecule has 3 rings (SSSR count). The molecule has 0 aliphatic carbocycles. The minimum absolute atomic E-state index is 0.619. The Kier molecular flexibility index (Phi) is 5.24. The molecule has 5 nitrogen and oxygen atoms in total. The van der Waals surface area contributed by atoms with Crippen LogP contribution in [0, 0.1) is 6.92 Å². The van der Waals surface area contributed by atoms with Crippen molar-refractivity contribution in [2.45, 2.75) is 37.6 Å². The third-order valence-corrected chi connectivity index (χ3v) is 6.10. The highest BCUT2D eigenvalue weighted by atomic mass is 35.5. The number of likely N-dealkylation sites (N-methyl/N-ethyl adjacent to an activating group) is 1. The fourth-order valence-electron chi connectivity index (χ4n) is 3.32. The largest absolute Gasteiger partial charge is 0.347 e. The first-order valence-corrected chi connectivity index (χ1v) is 9.19. The number of nitrogens with zero attached hydrogens (tertiary/aromatic N) is 5. The monoisotopic (exact) mass is 351 g/mol. The van der Waals surface area contributed by atoms with Crippen molar-refractivity contribution >= 4 is 35.2 Å². The van der Waals surface area contributed by atoms with Crippen LogP contribution < -0.4 is 0 Å². The number of pyridine rings is 1. The Labute approximate surface area is 146 Å². The first-order valence-electron chi connectivity index (χ1n) is 7.83. The number of aromatic nitrogens is 1. The molecule has 124 valence electrons. The van der Waals surface area contributed by atoms with Crippen LogP contribution in [0.4, 0.5) is 0 Å². The van der Waals surface area contributed by atoms with Crippen LogP contribution >= 0.6 is 23.4 Å². The SMILES string of the molecule is C=N/N=C(\SCc1cnc(C)cc1Cl)N1CC2CCC(C1)N2C. The topological polar surface area (TPSA) is 44.1 Å². The zero-order valence-corrected chi connectivity index (χ0v) is 15.1. The number of likely N-dealkylation sites (tertiary alicyclic amines) is 1. The minimum Gasteiger partial charge on any atom is -0.347 e. The molecule has 2 fully saturated rings.